The van der Waals surface area contributed by atoms with Gasteiger partial charge in [0.05, 0.1) is 11.7 Å². The van der Waals surface area contributed by atoms with Crippen LogP contribution in [-0.4, -0.2) is 21.5 Å². The molecule has 2 aromatic carbocycles. The Kier molecular flexibility index (Phi) is 5.65. The van der Waals surface area contributed by atoms with Crippen molar-refractivity contribution in [2.24, 2.45) is 0 Å². The topological polar surface area (TPSA) is 76.0 Å². The van der Waals surface area contributed by atoms with Crippen molar-refractivity contribution < 1.29 is 4.79 Å². The van der Waals surface area contributed by atoms with Gasteiger partial charge in [0.15, 0.2) is 5.82 Å². The summed E-state index contributed by atoms with van der Waals surface area (Å²) in [6.45, 7) is 3.99. The highest BCUT2D eigenvalue weighted by Gasteiger charge is 2.24. The molecule has 0 radical (unpaired) electrons. The van der Waals surface area contributed by atoms with Crippen molar-refractivity contribution in [2.75, 3.05) is 5.32 Å². The standard InChI is InChI=1S/C24H26N4O2/c1-3-20(17-7-5-4-6-8-17)27-22-24(30)28(14-13-25-22)21-15-18(10-9-16(21)2)23(29)26-19-11-12-19/h4-10,13-15,19-20H,3,11-12H2,1-2H3,(H,25,27)(H,26,29)/t20-/m0/s1. The van der Waals surface area contributed by atoms with Gasteiger partial charge in [-0.05, 0) is 49.4 Å². The monoisotopic (exact) mass is 402 g/mol. The van der Waals surface area contributed by atoms with Gasteiger partial charge in [-0.25, -0.2) is 4.98 Å². The van der Waals surface area contributed by atoms with Gasteiger partial charge in [0, 0.05) is 24.0 Å². The Bertz CT molecular complexity index is 1100. The van der Waals surface area contributed by atoms with Crippen molar-refractivity contribution in [3.8, 4) is 5.69 Å². The first-order valence-electron chi connectivity index (χ1n) is 10.4. The lowest BCUT2D eigenvalue weighted by Gasteiger charge is -2.18. The van der Waals surface area contributed by atoms with E-state index < -0.39 is 0 Å². The molecule has 0 spiro atoms. The molecule has 1 atom stereocenters. The molecule has 30 heavy (non-hydrogen) atoms. The zero-order valence-electron chi connectivity index (χ0n) is 17.3. The fourth-order valence-electron chi connectivity index (χ4n) is 3.48. The van der Waals surface area contributed by atoms with Crippen molar-refractivity contribution in [3.63, 3.8) is 0 Å². The van der Waals surface area contributed by atoms with Crippen LogP contribution in [0.1, 0.15) is 53.7 Å². The number of hydrogen-bond donors (Lipinski definition) is 2. The quantitative estimate of drug-likeness (QED) is 0.626. The second-order valence-corrected chi connectivity index (χ2v) is 7.72. The summed E-state index contributed by atoms with van der Waals surface area (Å²) in [6, 6.07) is 15.7. The number of aryl methyl sites for hydroxylation is 1. The Morgan fingerprint density at radius 3 is 2.67 bits per heavy atom. The normalized spacial score (nSPS) is 14.2. The minimum Gasteiger partial charge on any atom is -0.359 e. The number of carbonyl (C=O) groups is 1. The molecule has 1 fully saturated rings. The van der Waals surface area contributed by atoms with Gasteiger partial charge in [-0.3, -0.25) is 14.2 Å². The fraction of sp³-hybridized carbons (Fsp3) is 0.292. The van der Waals surface area contributed by atoms with Gasteiger partial charge in [0.2, 0.25) is 0 Å². The van der Waals surface area contributed by atoms with Gasteiger partial charge >= 0.3 is 0 Å². The summed E-state index contributed by atoms with van der Waals surface area (Å²) >= 11 is 0. The van der Waals surface area contributed by atoms with Gasteiger partial charge in [0.25, 0.3) is 11.5 Å². The average molecular weight is 402 g/mol. The first-order chi connectivity index (χ1) is 14.6. The van der Waals surface area contributed by atoms with E-state index in [0.29, 0.717) is 17.1 Å². The predicted octanol–water partition coefficient (Wildman–Crippen LogP) is 4.00. The number of anilines is 1. The molecule has 1 aromatic heterocycles. The molecule has 6 nitrogen and oxygen atoms in total. The molecule has 1 aliphatic rings. The Labute approximate surface area is 176 Å². The molecule has 0 aliphatic heterocycles. The zero-order chi connectivity index (χ0) is 21.1. The number of hydrogen-bond acceptors (Lipinski definition) is 4. The summed E-state index contributed by atoms with van der Waals surface area (Å²) in [4.78, 5) is 30.0. The van der Waals surface area contributed by atoms with E-state index >= 15 is 0 Å². The van der Waals surface area contributed by atoms with Gasteiger partial charge in [-0.15, -0.1) is 0 Å². The maximum Gasteiger partial charge on any atom is 0.297 e. The number of nitrogens with zero attached hydrogens (tertiary/aromatic N) is 2. The molecular formula is C24H26N4O2. The third kappa shape index (κ3) is 4.27. The largest absolute Gasteiger partial charge is 0.359 e. The van der Waals surface area contributed by atoms with Crippen molar-refractivity contribution in [1.82, 2.24) is 14.9 Å². The lowest BCUT2D eigenvalue weighted by atomic mass is 10.0. The van der Waals surface area contributed by atoms with E-state index in [0.717, 1.165) is 30.4 Å². The smallest absolute Gasteiger partial charge is 0.297 e. The van der Waals surface area contributed by atoms with Crippen molar-refractivity contribution >= 4 is 11.7 Å². The van der Waals surface area contributed by atoms with Gasteiger partial charge in [0.1, 0.15) is 0 Å². The molecular weight excluding hydrogens is 376 g/mol. The maximum absolute atomic E-state index is 13.2. The van der Waals surface area contributed by atoms with E-state index in [1.54, 1.807) is 29.1 Å². The van der Waals surface area contributed by atoms with Crippen LogP contribution in [0.15, 0.2) is 65.7 Å². The summed E-state index contributed by atoms with van der Waals surface area (Å²) in [5.74, 6) is 0.190. The summed E-state index contributed by atoms with van der Waals surface area (Å²) in [6.07, 6.45) is 6.13. The average Bonchev–Trinajstić information content (AvgIpc) is 3.58. The van der Waals surface area contributed by atoms with Crippen LogP contribution in [-0.2, 0) is 0 Å². The van der Waals surface area contributed by atoms with Crippen LogP contribution < -0.4 is 16.2 Å². The molecule has 0 bridgehead atoms. The Hall–Kier alpha value is -3.41. The first kappa shape index (κ1) is 19.9. The zero-order valence-corrected chi connectivity index (χ0v) is 17.3. The second-order valence-electron chi connectivity index (χ2n) is 7.72. The van der Waals surface area contributed by atoms with E-state index in [1.165, 1.54) is 0 Å². The van der Waals surface area contributed by atoms with Crippen LogP contribution in [0.2, 0.25) is 0 Å². The lowest BCUT2D eigenvalue weighted by molar-refractivity contribution is 0.0951. The van der Waals surface area contributed by atoms with E-state index in [4.69, 9.17) is 0 Å². The third-order valence-electron chi connectivity index (χ3n) is 5.41. The minimum absolute atomic E-state index is 0.0148. The minimum atomic E-state index is -0.241. The Balaban J connectivity index is 1.66. The SMILES string of the molecule is CC[C@H](Nc1nccn(-c2cc(C(=O)NC3CC3)ccc2C)c1=O)c1ccccc1. The number of rotatable bonds is 7. The summed E-state index contributed by atoms with van der Waals surface area (Å²) in [7, 11) is 0. The molecule has 3 aromatic rings. The first-order valence-corrected chi connectivity index (χ1v) is 10.4. The number of benzene rings is 2. The van der Waals surface area contributed by atoms with Crippen molar-refractivity contribution in [1.29, 1.82) is 0 Å². The summed E-state index contributed by atoms with van der Waals surface area (Å²) < 4.78 is 1.55. The van der Waals surface area contributed by atoms with E-state index in [9.17, 15) is 9.59 Å². The van der Waals surface area contributed by atoms with Crippen LogP contribution in [0.25, 0.3) is 5.69 Å². The van der Waals surface area contributed by atoms with Crippen LogP contribution >= 0.6 is 0 Å². The molecule has 2 N–H and O–H groups in total. The molecule has 1 saturated carbocycles. The Morgan fingerprint density at radius 1 is 1.20 bits per heavy atom. The van der Waals surface area contributed by atoms with Gasteiger partial charge in [-0.1, -0.05) is 43.3 Å². The molecule has 0 saturated heterocycles. The van der Waals surface area contributed by atoms with Gasteiger partial charge in [-0.2, -0.15) is 0 Å². The maximum atomic E-state index is 13.2. The van der Waals surface area contributed by atoms with E-state index in [-0.39, 0.29) is 23.6 Å². The van der Waals surface area contributed by atoms with Crippen LogP contribution in [0.5, 0.6) is 0 Å². The van der Waals surface area contributed by atoms with E-state index in [1.807, 2.05) is 43.3 Å². The van der Waals surface area contributed by atoms with Crippen LogP contribution in [0.3, 0.4) is 0 Å². The second kappa shape index (κ2) is 8.53. The van der Waals surface area contributed by atoms with Crippen molar-refractivity contribution in [2.45, 2.75) is 45.2 Å². The molecule has 6 heteroatoms. The third-order valence-corrected chi connectivity index (χ3v) is 5.41. The van der Waals surface area contributed by atoms with Gasteiger partial charge < -0.3 is 10.6 Å². The highest BCUT2D eigenvalue weighted by Crippen LogP contribution is 2.22. The van der Waals surface area contributed by atoms with E-state index in [2.05, 4.69) is 22.5 Å². The van der Waals surface area contributed by atoms with Crippen LogP contribution in [0.4, 0.5) is 5.82 Å². The highest BCUT2D eigenvalue weighted by atomic mass is 16.2. The Morgan fingerprint density at radius 2 is 1.97 bits per heavy atom. The molecule has 4 rings (SSSR count). The summed E-state index contributed by atoms with van der Waals surface area (Å²) in [5.41, 5.74) is 3.01. The molecule has 0 unspecified atom stereocenters. The molecule has 1 aliphatic carbocycles. The van der Waals surface area contributed by atoms with Crippen molar-refractivity contribution in [3.05, 3.63) is 88.0 Å². The number of carbonyl (C=O) groups excluding carboxylic acids is 1. The fourth-order valence-corrected chi connectivity index (χ4v) is 3.48. The van der Waals surface area contributed by atoms with Crippen LogP contribution in [0, 0.1) is 6.92 Å². The summed E-state index contributed by atoms with van der Waals surface area (Å²) in [5, 5.41) is 6.29. The molecule has 1 heterocycles. The predicted molar refractivity (Wildman–Crippen MR) is 118 cm³/mol. The highest BCUT2D eigenvalue weighted by molar-refractivity contribution is 5.95. The number of aromatic nitrogens is 2. The number of nitrogens with one attached hydrogen (secondary N) is 2. The number of amides is 1. The lowest BCUT2D eigenvalue weighted by Crippen LogP contribution is -2.27. The molecule has 1 amide bonds. The molecule has 154 valence electrons.